The van der Waals surface area contributed by atoms with Crippen LogP contribution in [0, 0.1) is 17.0 Å². The Kier molecular flexibility index (Phi) is 9.42. The van der Waals surface area contributed by atoms with Crippen molar-refractivity contribution in [3.63, 3.8) is 0 Å². The number of imidazole rings is 1. The molecule has 0 saturated carbocycles. The van der Waals surface area contributed by atoms with Gasteiger partial charge in [-0.05, 0) is 6.92 Å². The lowest BCUT2D eigenvalue weighted by Gasteiger charge is -2.07. The third kappa shape index (κ3) is 8.63. The highest BCUT2D eigenvalue weighted by Gasteiger charge is 2.07. The lowest BCUT2D eigenvalue weighted by molar-refractivity contribution is -0.463. The minimum atomic E-state index is -0.380. The van der Waals surface area contributed by atoms with Gasteiger partial charge in [-0.25, -0.2) is 4.98 Å². The monoisotopic (exact) mass is 430 g/mol. The second-order valence-electron chi connectivity index (χ2n) is 5.50. The van der Waals surface area contributed by atoms with Crippen molar-refractivity contribution in [3.05, 3.63) is 48.6 Å². The van der Waals surface area contributed by atoms with Crippen molar-refractivity contribution in [3.8, 4) is 0 Å². The number of thioether (sulfide) groups is 2. The molecular weight excluding hydrogens is 408 g/mol. The Morgan fingerprint density at radius 3 is 2.89 bits per heavy atom. The molecule has 0 atom stereocenters. The number of H-pyrrole nitrogens is 2. The molecule has 2 aromatic heterocycles. The van der Waals surface area contributed by atoms with E-state index in [-0.39, 0.29) is 16.3 Å². The SMILES string of the molecule is Cc1[nH]cnc1CSCCN=C(C[N+](=O)[O-])NCCSCc1csc(=O)[nH]1. The molecule has 3 N–H and O–H groups in total. The van der Waals surface area contributed by atoms with Crippen molar-refractivity contribution in [2.24, 2.45) is 4.99 Å². The highest BCUT2D eigenvalue weighted by molar-refractivity contribution is 7.98. The van der Waals surface area contributed by atoms with Gasteiger partial charge in [0, 0.05) is 51.2 Å². The summed E-state index contributed by atoms with van der Waals surface area (Å²) in [5.74, 6) is 3.45. The number of hydrogen-bond donors (Lipinski definition) is 3. The molecule has 9 nitrogen and oxygen atoms in total. The summed E-state index contributed by atoms with van der Waals surface area (Å²) in [4.78, 5) is 35.8. The Morgan fingerprint density at radius 2 is 2.22 bits per heavy atom. The van der Waals surface area contributed by atoms with Gasteiger partial charge < -0.3 is 15.3 Å². The molecule has 0 unspecified atom stereocenters. The zero-order valence-electron chi connectivity index (χ0n) is 14.9. The first-order chi connectivity index (χ1) is 13.0. The van der Waals surface area contributed by atoms with Crippen LogP contribution in [0.15, 0.2) is 21.5 Å². The van der Waals surface area contributed by atoms with E-state index in [1.54, 1.807) is 29.9 Å². The van der Waals surface area contributed by atoms with Crippen molar-refractivity contribution in [2.45, 2.75) is 18.4 Å². The van der Waals surface area contributed by atoms with E-state index in [0.29, 0.717) is 24.7 Å². The number of aliphatic imine (C=N–C) groups is 1. The summed E-state index contributed by atoms with van der Waals surface area (Å²) in [6.45, 7) is 2.79. The van der Waals surface area contributed by atoms with Crippen LogP contribution in [0.3, 0.4) is 0 Å². The molecule has 0 spiro atoms. The fraction of sp³-hybridized carbons (Fsp3) is 0.533. The topological polar surface area (TPSA) is 129 Å². The first-order valence-electron chi connectivity index (χ1n) is 8.24. The maximum absolute atomic E-state index is 11.1. The van der Waals surface area contributed by atoms with Crippen LogP contribution in [0.1, 0.15) is 17.1 Å². The molecule has 2 rings (SSSR count). The summed E-state index contributed by atoms with van der Waals surface area (Å²) in [5.41, 5.74) is 2.99. The first-order valence-corrected chi connectivity index (χ1v) is 11.4. The number of thiazole rings is 1. The number of amidine groups is 1. The maximum Gasteiger partial charge on any atom is 0.304 e. The number of aromatic nitrogens is 3. The second-order valence-corrected chi connectivity index (χ2v) is 8.55. The lowest BCUT2D eigenvalue weighted by Crippen LogP contribution is -2.32. The number of rotatable bonds is 12. The van der Waals surface area contributed by atoms with E-state index in [2.05, 4.69) is 25.3 Å². The maximum atomic E-state index is 11.1. The van der Waals surface area contributed by atoms with Gasteiger partial charge >= 0.3 is 4.87 Å². The van der Waals surface area contributed by atoms with Crippen LogP contribution < -0.4 is 10.2 Å². The number of nitrogens with one attached hydrogen (secondary N) is 3. The minimum Gasteiger partial charge on any atom is -0.368 e. The van der Waals surface area contributed by atoms with Crippen LogP contribution in [0.2, 0.25) is 0 Å². The molecule has 0 aliphatic carbocycles. The van der Waals surface area contributed by atoms with Crippen molar-refractivity contribution in [2.75, 3.05) is 31.1 Å². The van der Waals surface area contributed by atoms with Gasteiger partial charge in [-0.1, -0.05) is 11.3 Å². The predicted molar refractivity (Wildman–Crippen MR) is 113 cm³/mol. The van der Waals surface area contributed by atoms with Gasteiger partial charge in [0.2, 0.25) is 0 Å². The Balaban J connectivity index is 1.65. The molecule has 2 aromatic rings. The first kappa shape index (κ1) is 21.5. The molecule has 0 radical (unpaired) electrons. The van der Waals surface area contributed by atoms with Gasteiger partial charge in [0.1, 0.15) is 0 Å². The fourth-order valence-corrected chi connectivity index (χ4v) is 4.37. The quantitative estimate of drug-likeness (QED) is 0.154. The van der Waals surface area contributed by atoms with Crippen molar-refractivity contribution >= 4 is 40.7 Å². The van der Waals surface area contributed by atoms with Crippen molar-refractivity contribution in [1.82, 2.24) is 20.3 Å². The molecule has 12 heteroatoms. The van der Waals surface area contributed by atoms with Crippen molar-refractivity contribution < 1.29 is 4.92 Å². The van der Waals surface area contributed by atoms with E-state index in [1.165, 1.54) is 0 Å². The number of aryl methyl sites for hydroxylation is 1. The highest BCUT2D eigenvalue weighted by atomic mass is 32.2. The molecular formula is C15H22N6O3S3. The van der Waals surface area contributed by atoms with Gasteiger partial charge in [-0.2, -0.15) is 23.5 Å². The Labute approximate surface area is 169 Å². The number of aromatic amines is 2. The summed E-state index contributed by atoms with van der Waals surface area (Å²) in [6, 6.07) is 0. The number of nitro groups is 1. The average molecular weight is 431 g/mol. The molecule has 0 saturated heterocycles. The minimum absolute atomic E-state index is 0.0514. The Hall–Kier alpha value is -1.79. The summed E-state index contributed by atoms with van der Waals surface area (Å²) in [6.07, 6.45) is 1.68. The highest BCUT2D eigenvalue weighted by Crippen LogP contribution is 2.12. The third-order valence-electron chi connectivity index (χ3n) is 3.39. The normalized spacial score (nSPS) is 11.7. The Bertz CT molecular complexity index is 801. The van der Waals surface area contributed by atoms with Crippen molar-refractivity contribution in [1.29, 1.82) is 0 Å². The lowest BCUT2D eigenvalue weighted by atomic mass is 10.4. The summed E-state index contributed by atoms with van der Waals surface area (Å²) < 4.78 is 0. The summed E-state index contributed by atoms with van der Waals surface area (Å²) >= 11 is 4.50. The zero-order chi connectivity index (χ0) is 19.5. The number of hydrogen-bond acceptors (Lipinski definition) is 8. The van der Waals surface area contributed by atoms with Crippen LogP contribution in [0.25, 0.3) is 0 Å². The van der Waals surface area contributed by atoms with Gasteiger partial charge in [-0.3, -0.25) is 19.9 Å². The smallest absolute Gasteiger partial charge is 0.304 e. The molecule has 148 valence electrons. The average Bonchev–Trinajstić information content (AvgIpc) is 3.21. The largest absolute Gasteiger partial charge is 0.368 e. The van der Waals surface area contributed by atoms with E-state index in [1.807, 2.05) is 12.3 Å². The predicted octanol–water partition coefficient (Wildman–Crippen LogP) is 1.90. The summed E-state index contributed by atoms with van der Waals surface area (Å²) in [5, 5.41) is 15.7. The van der Waals surface area contributed by atoms with E-state index in [9.17, 15) is 14.9 Å². The van der Waals surface area contributed by atoms with E-state index in [0.717, 1.165) is 45.7 Å². The Morgan fingerprint density at radius 1 is 1.41 bits per heavy atom. The van der Waals surface area contributed by atoms with E-state index >= 15 is 0 Å². The van der Waals surface area contributed by atoms with Gasteiger partial charge in [0.15, 0.2) is 5.84 Å². The molecule has 0 fully saturated rings. The molecule has 2 heterocycles. The summed E-state index contributed by atoms with van der Waals surface area (Å²) in [7, 11) is 0. The molecule has 0 aliphatic rings. The number of nitrogens with zero attached hydrogens (tertiary/aromatic N) is 3. The molecule has 0 aromatic carbocycles. The fourth-order valence-electron chi connectivity index (χ4n) is 2.07. The molecule has 0 bridgehead atoms. The van der Waals surface area contributed by atoms with Gasteiger partial charge in [0.25, 0.3) is 6.54 Å². The second kappa shape index (κ2) is 11.8. The van der Waals surface area contributed by atoms with Gasteiger partial charge in [-0.15, -0.1) is 0 Å². The molecule has 0 aliphatic heterocycles. The zero-order valence-corrected chi connectivity index (χ0v) is 17.3. The van der Waals surface area contributed by atoms with Crippen LogP contribution in [0.4, 0.5) is 0 Å². The third-order valence-corrected chi connectivity index (χ3v) is 6.07. The van der Waals surface area contributed by atoms with Crippen LogP contribution >= 0.6 is 34.9 Å². The van der Waals surface area contributed by atoms with Crippen LogP contribution in [-0.2, 0) is 11.5 Å². The molecule has 0 amide bonds. The molecule has 27 heavy (non-hydrogen) atoms. The van der Waals surface area contributed by atoms with E-state index < -0.39 is 0 Å². The van der Waals surface area contributed by atoms with Crippen LogP contribution in [0.5, 0.6) is 0 Å². The van der Waals surface area contributed by atoms with E-state index in [4.69, 9.17) is 0 Å². The van der Waals surface area contributed by atoms with Gasteiger partial charge in [0.05, 0.1) is 18.6 Å². The van der Waals surface area contributed by atoms with Crippen LogP contribution in [-0.4, -0.2) is 56.9 Å². The standard InChI is InChI=1S/C15H22N6O3S3/c1-11-13(19-10-18-11)9-26-5-3-17-14(6-21(23)24)16-2-4-25-7-12-8-27-15(22)20-12/h8,10H,2-7,9H2,1H3,(H,16,17)(H,18,19)(H,20,22).